The molecule has 0 bridgehead atoms. The quantitative estimate of drug-likeness (QED) is 0.771. The van der Waals surface area contributed by atoms with Gasteiger partial charge in [-0.3, -0.25) is 0 Å². The summed E-state index contributed by atoms with van der Waals surface area (Å²) in [6, 6.07) is 7.26. The lowest BCUT2D eigenvalue weighted by molar-refractivity contribution is 0.0747. The summed E-state index contributed by atoms with van der Waals surface area (Å²) in [6.07, 6.45) is -0.549. The van der Waals surface area contributed by atoms with Gasteiger partial charge in [0.05, 0.1) is 6.10 Å². The zero-order valence-corrected chi connectivity index (χ0v) is 10.2. The highest BCUT2D eigenvalue weighted by molar-refractivity contribution is 6.30. The van der Waals surface area contributed by atoms with E-state index in [2.05, 4.69) is 6.58 Å². The molecule has 2 heteroatoms. The maximum atomic E-state index is 10.2. The topological polar surface area (TPSA) is 20.2 Å². The van der Waals surface area contributed by atoms with Crippen LogP contribution in [0.3, 0.4) is 0 Å². The van der Waals surface area contributed by atoms with E-state index in [1.54, 1.807) is 12.1 Å². The highest BCUT2D eigenvalue weighted by Crippen LogP contribution is 2.38. The molecule has 0 saturated heterocycles. The van der Waals surface area contributed by atoms with Crippen molar-refractivity contribution in [3.63, 3.8) is 0 Å². The van der Waals surface area contributed by atoms with Gasteiger partial charge in [0.1, 0.15) is 0 Å². The smallest absolute Gasteiger partial charge is 0.0877 e. The van der Waals surface area contributed by atoms with Crippen LogP contribution in [0.5, 0.6) is 0 Å². The van der Waals surface area contributed by atoms with Crippen LogP contribution in [0.25, 0.3) is 0 Å². The molecule has 1 N–H and O–H groups in total. The lowest BCUT2D eigenvalue weighted by Gasteiger charge is -2.31. The summed E-state index contributed by atoms with van der Waals surface area (Å²) in [5.41, 5.74) is 1.51. The number of aliphatic hydroxyl groups excluding tert-OH is 1. The molecule has 1 unspecified atom stereocenters. The van der Waals surface area contributed by atoms with Gasteiger partial charge in [0.25, 0.3) is 0 Å². The Kier molecular flexibility index (Phi) is 3.58. The molecule has 0 aliphatic carbocycles. The van der Waals surface area contributed by atoms with Gasteiger partial charge in [0, 0.05) is 10.4 Å². The summed E-state index contributed by atoms with van der Waals surface area (Å²) in [6.45, 7) is 9.80. The minimum atomic E-state index is -0.549. The van der Waals surface area contributed by atoms with E-state index in [1.807, 2.05) is 32.9 Å². The summed E-state index contributed by atoms with van der Waals surface area (Å²) < 4.78 is 0. The van der Waals surface area contributed by atoms with Gasteiger partial charge in [0.2, 0.25) is 0 Å². The molecule has 15 heavy (non-hydrogen) atoms. The second kappa shape index (κ2) is 4.38. The third-order valence-electron chi connectivity index (χ3n) is 2.97. The van der Waals surface area contributed by atoms with Gasteiger partial charge in [-0.05, 0) is 24.6 Å². The van der Waals surface area contributed by atoms with Crippen molar-refractivity contribution in [2.45, 2.75) is 26.9 Å². The fraction of sp³-hybridized carbons (Fsp3) is 0.385. The van der Waals surface area contributed by atoms with Gasteiger partial charge in [-0.2, -0.15) is 0 Å². The fourth-order valence-electron chi connectivity index (χ4n) is 1.30. The molecule has 0 spiro atoms. The first-order chi connectivity index (χ1) is 6.85. The molecule has 1 rings (SSSR count). The Morgan fingerprint density at radius 1 is 1.33 bits per heavy atom. The molecule has 1 nitrogen and oxygen atoms in total. The fourth-order valence-corrected chi connectivity index (χ4v) is 1.42. The van der Waals surface area contributed by atoms with Crippen molar-refractivity contribution in [2.24, 2.45) is 5.41 Å². The van der Waals surface area contributed by atoms with Crippen LogP contribution in [-0.2, 0) is 0 Å². The molecule has 0 heterocycles. The average Bonchev–Trinajstić information content (AvgIpc) is 2.17. The molecular formula is C13H17ClO. The molecule has 0 aliphatic rings. The largest absolute Gasteiger partial charge is 0.388 e. The normalized spacial score (nSPS) is 13.7. The SMILES string of the molecule is C=C(C)C(C)(C)C(O)c1ccc(Cl)cc1. The Bertz CT molecular complexity index is 351. The Morgan fingerprint density at radius 2 is 1.80 bits per heavy atom. The van der Waals surface area contributed by atoms with Crippen LogP contribution in [0.4, 0.5) is 0 Å². The predicted molar refractivity (Wildman–Crippen MR) is 65.0 cm³/mol. The van der Waals surface area contributed by atoms with E-state index in [0.29, 0.717) is 5.02 Å². The van der Waals surface area contributed by atoms with Gasteiger partial charge >= 0.3 is 0 Å². The van der Waals surface area contributed by atoms with E-state index in [4.69, 9.17) is 11.6 Å². The van der Waals surface area contributed by atoms with Crippen molar-refractivity contribution in [2.75, 3.05) is 0 Å². The van der Waals surface area contributed by atoms with Crippen LogP contribution >= 0.6 is 11.6 Å². The number of benzene rings is 1. The van der Waals surface area contributed by atoms with Crippen molar-refractivity contribution >= 4 is 11.6 Å². The molecule has 1 aromatic carbocycles. The third-order valence-corrected chi connectivity index (χ3v) is 3.22. The first-order valence-corrected chi connectivity index (χ1v) is 5.33. The van der Waals surface area contributed by atoms with Crippen LogP contribution in [0.15, 0.2) is 36.4 Å². The minimum Gasteiger partial charge on any atom is -0.388 e. The van der Waals surface area contributed by atoms with Gasteiger partial charge in [-0.25, -0.2) is 0 Å². The van der Waals surface area contributed by atoms with Crippen molar-refractivity contribution in [1.82, 2.24) is 0 Å². The van der Waals surface area contributed by atoms with E-state index in [-0.39, 0.29) is 5.41 Å². The summed E-state index contributed by atoms with van der Waals surface area (Å²) in [5, 5.41) is 10.9. The zero-order chi connectivity index (χ0) is 11.6. The molecular weight excluding hydrogens is 208 g/mol. The number of hydrogen-bond donors (Lipinski definition) is 1. The number of halogens is 1. The molecule has 0 amide bonds. The van der Waals surface area contributed by atoms with Crippen LogP contribution in [0.1, 0.15) is 32.4 Å². The second-order valence-corrected chi connectivity index (χ2v) is 4.89. The molecule has 1 aromatic rings. The van der Waals surface area contributed by atoms with Crippen LogP contribution in [-0.4, -0.2) is 5.11 Å². The third kappa shape index (κ3) is 2.61. The van der Waals surface area contributed by atoms with Crippen molar-refractivity contribution in [3.05, 3.63) is 47.0 Å². The lowest BCUT2D eigenvalue weighted by Crippen LogP contribution is -2.22. The minimum absolute atomic E-state index is 0.326. The van der Waals surface area contributed by atoms with E-state index < -0.39 is 6.10 Å². The number of rotatable bonds is 3. The van der Waals surface area contributed by atoms with E-state index >= 15 is 0 Å². The molecule has 82 valence electrons. The molecule has 0 aromatic heterocycles. The Labute approximate surface area is 96.4 Å². The van der Waals surface area contributed by atoms with Gasteiger partial charge in [-0.1, -0.05) is 49.7 Å². The Morgan fingerprint density at radius 3 is 2.20 bits per heavy atom. The van der Waals surface area contributed by atoms with Crippen LogP contribution in [0.2, 0.25) is 5.02 Å². The van der Waals surface area contributed by atoms with Gasteiger partial charge < -0.3 is 5.11 Å². The van der Waals surface area contributed by atoms with Crippen molar-refractivity contribution in [3.8, 4) is 0 Å². The van der Waals surface area contributed by atoms with Crippen molar-refractivity contribution in [1.29, 1.82) is 0 Å². The van der Waals surface area contributed by atoms with E-state index in [1.165, 1.54) is 0 Å². The van der Waals surface area contributed by atoms with E-state index in [0.717, 1.165) is 11.1 Å². The maximum absolute atomic E-state index is 10.2. The van der Waals surface area contributed by atoms with Gasteiger partial charge in [-0.15, -0.1) is 0 Å². The average molecular weight is 225 g/mol. The second-order valence-electron chi connectivity index (χ2n) is 4.46. The highest BCUT2D eigenvalue weighted by atomic mass is 35.5. The number of hydrogen-bond acceptors (Lipinski definition) is 1. The van der Waals surface area contributed by atoms with Gasteiger partial charge in [0.15, 0.2) is 0 Å². The molecule has 1 atom stereocenters. The number of aliphatic hydroxyl groups is 1. The van der Waals surface area contributed by atoms with Crippen LogP contribution < -0.4 is 0 Å². The standard InChI is InChI=1S/C13H17ClO/c1-9(2)13(3,4)12(15)10-5-7-11(14)8-6-10/h5-8,12,15H,1H2,2-4H3. The van der Waals surface area contributed by atoms with E-state index in [9.17, 15) is 5.11 Å². The summed E-state index contributed by atoms with van der Waals surface area (Å²) >= 11 is 5.79. The summed E-state index contributed by atoms with van der Waals surface area (Å²) in [7, 11) is 0. The molecule has 0 radical (unpaired) electrons. The predicted octanol–water partition coefficient (Wildman–Crippen LogP) is 3.98. The summed E-state index contributed by atoms with van der Waals surface area (Å²) in [5.74, 6) is 0. The first kappa shape index (κ1) is 12.3. The maximum Gasteiger partial charge on any atom is 0.0877 e. The lowest BCUT2D eigenvalue weighted by atomic mass is 9.77. The molecule has 0 aliphatic heterocycles. The van der Waals surface area contributed by atoms with Crippen molar-refractivity contribution < 1.29 is 5.11 Å². The summed E-state index contributed by atoms with van der Waals surface area (Å²) in [4.78, 5) is 0. The monoisotopic (exact) mass is 224 g/mol. The Hall–Kier alpha value is -0.790. The zero-order valence-electron chi connectivity index (χ0n) is 9.42. The Balaban J connectivity index is 2.99. The highest BCUT2D eigenvalue weighted by Gasteiger charge is 2.29. The van der Waals surface area contributed by atoms with Crippen LogP contribution in [0, 0.1) is 5.41 Å². The molecule has 0 saturated carbocycles. The first-order valence-electron chi connectivity index (χ1n) is 4.95. The molecule has 0 fully saturated rings.